The second-order valence-electron chi connectivity index (χ2n) is 4.25. The zero-order valence-corrected chi connectivity index (χ0v) is 12.3. The van der Waals surface area contributed by atoms with Gasteiger partial charge in [-0.15, -0.1) is 0 Å². The summed E-state index contributed by atoms with van der Waals surface area (Å²) in [5.41, 5.74) is -1.79. The third kappa shape index (κ3) is 2.36. The number of halogens is 2. The van der Waals surface area contributed by atoms with Crippen molar-refractivity contribution in [2.24, 2.45) is 14.1 Å². The maximum atomic E-state index is 13.7. The van der Waals surface area contributed by atoms with E-state index in [0.29, 0.717) is 4.47 Å². The van der Waals surface area contributed by atoms with E-state index in [1.54, 1.807) is 0 Å². The fourth-order valence-corrected chi connectivity index (χ4v) is 2.14. The van der Waals surface area contributed by atoms with Gasteiger partial charge in [-0.3, -0.25) is 14.2 Å². The molecule has 1 aromatic carbocycles. The standard InChI is InChI=1S/C13H10BrFN2O3/c1-16-6-9(12(19)17(2)13(16)20)11(18)8-5-7(14)3-4-10(8)15/h3-6H,1-2H3. The van der Waals surface area contributed by atoms with E-state index in [1.807, 2.05) is 0 Å². The second kappa shape index (κ2) is 5.16. The minimum atomic E-state index is -0.764. The molecule has 0 aliphatic carbocycles. The fraction of sp³-hybridized carbons (Fsp3) is 0.154. The van der Waals surface area contributed by atoms with Crippen LogP contribution >= 0.6 is 15.9 Å². The van der Waals surface area contributed by atoms with E-state index in [1.165, 1.54) is 26.2 Å². The molecule has 5 nitrogen and oxygen atoms in total. The van der Waals surface area contributed by atoms with Gasteiger partial charge in [-0.05, 0) is 18.2 Å². The smallest absolute Gasteiger partial charge is 0.303 e. The SMILES string of the molecule is Cn1cc(C(=O)c2cc(Br)ccc2F)c(=O)n(C)c1=O. The molecule has 0 saturated carbocycles. The molecule has 104 valence electrons. The Balaban J connectivity index is 2.69. The van der Waals surface area contributed by atoms with Crippen molar-refractivity contribution in [2.75, 3.05) is 0 Å². The van der Waals surface area contributed by atoms with Gasteiger partial charge in [0.15, 0.2) is 0 Å². The molecular formula is C13H10BrFN2O3. The van der Waals surface area contributed by atoms with Gasteiger partial charge in [0.1, 0.15) is 11.4 Å². The van der Waals surface area contributed by atoms with Crippen molar-refractivity contribution in [1.29, 1.82) is 0 Å². The summed E-state index contributed by atoms with van der Waals surface area (Å²) in [6, 6.07) is 3.87. The number of hydrogen-bond donors (Lipinski definition) is 0. The highest BCUT2D eigenvalue weighted by Crippen LogP contribution is 2.17. The third-order valence-corrected chi connectivity index (χ3v) is 3.36. The van der Waals surface area contributed by atoms with Crippen LogP contribution in [0.25, 0.3) is 0 Å². The average molecular weight is 341 g/mol. The lowest BCUT2D eigenvalue weighted by atomic mass is 10.1. The van der Waals surface area contributed by atoms with Gasteiger partial charge in [0, 0.05) is 24.8 Å². The van der Waals surface area contributed by atoms with Gasteiger partial charge in [-0.2, -0.15) is 0 Å². The molecule has 0 saturated heterocycles. The lowest BCUT2D eigenvalue weighted by molar-refractivity contribution is 0.103. The maximum Gasteiger partial charge on any atom is 0.330 e. The first-order valence-corrected chi connectivity index (χ1v) is 6.38. The predicted octanol–water partition coefficient (Wildman–Crippen LogP) is 1.22. The molecule has 0 fully saturated rings. The van der Waals surface area contributed by atoms with E-state index >= 15 is 0 Å². The van der Waals surface area contributed by atoms with Crippen LogP contribution in [0.1, 0.15) is 15.9 Å². The summed E-state index contributed by atoms with van der Waals surface area (Å²) >= 11 is 3.14. The first-order chi connectivity index (χ1) is 9.32. The van der Waals surface area contributed by atoms with Gasteiger partial charge in [0.25, 0.3) is 5.56 Å². The number of aromatic nitrogens is 2. The Morgan fingerprint density at radius 3 is 2.50 bits per heavy atom. The van der Waals surface area contributed by atoms with Gasteiger partial charge in [-0.25, -0.2) is 9.18 Å². The van der Waals surface area contributed by atoms with Gasteiger partial charge in [0.2, 0.25) is 5.78 Å². The van der Waals surface area contributed by atoms with Crippen molar-refractivity contribution >= 4 is 21.7 Å². The minimum absolute atomic E-state index is 0.227. The summed E-state index contributed by atoms with van der Waals surface area (Å²) in [5.74, 6) is -1.49. The van der Waals surface area contributed by atoms with E-state index in [9.17, 15) is 18.8 Å². The van der Waals surface area contributed by atoms with Crippen LogP contribution in [0.5, 0.6) is 0 Å². The van der Waals surface area contributed by atoms with Crippen LogP contribution < -0.4 is 11.2 Å². The summed E-state index contributed by atoms with van der Waals surface area (Å²) in [6.45, 7) is 0. The summed E-state index contributed by atoms with van der Waals surface area (Å²) in [6.07, 6.45) is 1.12. The fourth-order valence-electron chi connectivity index (χ4n) is 1.78. The zero-order chi connectivity index (χ0) is 15.0. The summed E-state index contributed by atoms with van der Waals surface area (Å²) in [4.78, 5) is 35.8. The Labute approximate surface area is 121 Å². The topological polar surface area (TPSA) is 61.1 Å². The molecular weight excluding hydrogens is 331 g/mol. The highest BCUT2D eigenvalue weighted by Gasteiger charge is 2.19. The largest absolute Gasteiger partial charge is 0.330 e. The second-order valence-corrected chi connectivity index (χ2v) is 5.17. The molecule has 0 aliphatic rings. The summed E-state index contributed by atoms with van der Waals surface area (Å²) in [5, 5.41) is 0. The summed E-state index contributed by atoms with van der Waals surface area (Å²) < 4.78 is 16.1. The van der Waals surface area contributed by atoms with Gasteiger partial charge in [-0.1, -0.05) is 15.9 Å². The first-order valence-electron chi connectivity index (χ1n) is 5.59. The molecule has 0 aliphatic heterocycles. The molecule has 0 atom stereocenters. The molecule has 0 spiro atoms. The number of aryl methyl sites for hydroxylation is 1. The number of carbonyl (C=O) groups is 1. The Morgan fingerprint density at radius 2 is 1.85 bits per heavy atom. The Bertz CT molecular complexity index is 823. The molecule has 1 aromatic heterocycles. The number of hydrogen-bond acceptors (Lipinski definition) is 3. The Hall–Kier alpha value is -2.02. The highest BCUT2D eigenvalue weighted by molar-refractivity contribution is 9.10. The van der Waals surface area contributed by atoms with E-state index in [2.05, 4.69) is 15.9 Å². The molecule has 2 aromatic rings. The van der Waals surface area contributed by atoms with E-state index < -0.39 is 22.8 Å². The van der Waals surface area contributed by atoms with Gasteiger partial charge in [0.05, 0.1) is 5.56 Å². The zero-order valence-electron chi connectivity index (χ0n) is 10.7. The molecule has 1 heterocycles. The molecule has 0 bridgehead atoms. The van der Waals surface area contributed by atoms with Crippen LogP contribution in [0.4, 0.5) is 4.39 Å². The van der Waals surface area contributed by atoms with Gasteiger partial charge >= 0.3 is 5.69 Å². The lowest BCUT2D eigenvalue weighted by Crippen LogP contribution is -2.39. The van der Waals surface area contributed by atoms with E-state index in [-0.39, 0.29) is 11.1 Å². The molecule has 0 unspecified atom stereocenters. The van der Waals surface area contributed by atoms with Crippen LogP contribution in [0.15, 0.2) is 38.5 Å². The van der Waals surface area contributed by atoms with Crippen LogP contribution in [-0.2, 0) is 14.1 Å². The average Bonchev–Trinajstić information content (AvgIpc) is 2.42. The number of nitrogens with zero attached hydrogens (tertiary/aromatic N) is 2. The number of rotatable bonds is 2. The lowest BCUT2D eigenvalue weighted by Gasteiger charge is -2.07. The van der Waals surface area contributed by atoms with Gasteiger partial charge < -0.3 is 4.57 Å². The van der Waals surface area contributed by atoms with Crippen molar-refractivity contribution < 1.29 is 9.18 Å². The Morgan fingerprint density at radius 1 is 1.20 bits per heavy atom. The predicted molar refractivity (Wildman–Crippen MR) is 74.5 cm³/mol. The van der Waals surface area contributed by atoms with Crippen molar-refractivity contribution in [3.8, 4) is 0 Å². The Kier molecular flexibility index (Phi) is 3.71. The first kappa shape index (κ1) is 14.4. The minimum Gasteiger partial charge on any atom is -0.303 e. The normalized spacial score (nSPS) is 10.6. The number of carbonyl (C=O) groups excluding carboxylic acids is 1. The molecule has 0 amide bonds. The number of ketones is 1. The maximum absolute atomic E-state index is 13.7. The van der Waals surface area contributed by atoms with Crippen LogP contribution in [-0.4, -0.2) is 14.9 Å². The molecule has 2 rings (SSSR count). The van der Waals surface area contributed by atoms with Crippen molar-refractivity contribution in [3.05, 3.63) is 66.7 Å². The molecule has 0 N–H and O–H groups in total. The van der Waals surface area contributed by atoms with Crippen LogP contribution in [0.3, 0.4) is 0 Å². The number of benzene rings is 1. The summed E-state index contributed by atoms with van der Waals surface area (Å²) in [7, 11) is 2.68. The molecule has 0 radical (unpaired) electrons. The van der Waals surface area contributed by atoms with Crippen LogP contribution in [0.2, 0.25) is 0 Å². The van der Waals surface area contributed by atoms with E-state index in [0.717, 1.165) is 21.4 Å². The molecule has 7 heteroatoms. The monoisotopic (exact) mass is 340 g/mol. The van der Waals surface area contributed by atoms with E-state index in [4.69, 9.17) is 0 Å². The van der Waals surface area contributed by atoms with Crippen LogP contribution in [0, 0.1) is 5.82 Å². The third-order valence-electron chi connectivity index (χ3n) is 2.86. The van der Waals surface area contributed by atoms with Crippen molar-refractivity contribution in [3.63, 3.8) is 0 Å². The van der Waals surface area contributed by atoms with Crippen molar-refractivity contribution in [1.82, 2.24) is 9.13 Å². The van der Waals surface area contributed by atoms with Crippen molar-refractivity contribution in [2.45, 2.75) is 0 Å². The molecule has 20 heavy (non-hydrogen) atoms. The quantitative estimate of drug-likeness (QED) is 0.772. The highest BCUT2D eigenvalue weighted by atomic mass is 79.9.